The molecule has 1 aromatic carbocycles. The number of hydrogen-bond donors (Lipinski definition) is 4. The van der Waals surface area contributed by atoms with Crippen LogP contribution in [-0.2, 0) is 20.7 Å². The third kappa shape index (κ3) is 4.43. The number of carbonyl (C=O) groups is 2. The first kappa shape index (κ1) is 18.4. The molecule has 0 saturated carbocycles. The van der Waals surface area contributed by atoms with E-state index < -0.39 is 24.9 Å². The molecular weight excluding hydrogens is 339 g/mol. The molecule has 1 fully saturated rings. The highest BCUT2D eigenvalue weighted by molar-refractivity contribution is 6.45. The molecule has 1 saturated heterocycles. The number of rotatable bonds is 6. The van der Waals surface area contributed by atoms with Gasteiger partial charge in [-0.25, -0.2) is 0 Å². The van der Waals surface area contributed by atoms with Crippen molar-refractivity contribution in [3.05, 3.63) is 36.1 Å². The van der Waals surface area contributed by atoms with Crippen LogP contribution < -0.4 is 10.6 Å². The fourth-order valence-electron chi connectivity index (χ4n) is 2.98. The standard InChI is InChI=1S/C17H21BN2O6/c21-16(19-9-12-4-3-7-25-12)17(22)20-15(18(23)24)8-11-10-26-14-6-2-1-5-13(11)14/h1-2,5-6,10,12,15,23-24H,3-4,7-9H2,(H,19,21)(H,20,22)/t12?,15-/m0/s1. The molecule has 0 radical (unpaired) electrons. The van der Waals surface area contributed by atoms with Gasteiger partial charge < -0.3 is 29.8 Å². The first-order valence-electron chi connectivity index (χ1n) is 8.56. The molecular formula is C17H21BN2O6. The molecule has 1 aliphatic rings. The second kappa shape index (κ2) is 8.35. The predicted octanol–water partition coefficient (Wildman–Crippen LogP) is -0.233. The molecule has 0 bridgehead atoms. The van der Waals surface area contributed by atoms with Crippen molar-refractivity contribution in [3.8, 4) is 0 Å². The number of fused-ring (bicyclic) bond motifs is 1. The lowest BCUT2D eigenvalue weighted by Gasteiger charge is -2.17. The lowest BCUT2D eigenvalue weighted by molar-refractivity contribution is -0.139. The van der Waals surface area contributed by atoms with Crippen molar-refractivity contribution in [1.82, 2.24) is 10.6 Å². The van der Waals surface area contributed by atoms with Crippen molar-refractivity contribution in [1.29, 1.82) is 0 Å². The van der Waals surface area contributed by atoms with Crippen LogP contribution in [0.1, 0.15) is 18.4 Å². The highest BCUT2D eigenvalue weighted by atomic mass is 16.5. The fourth-order valence-corrected chi connectivity index (χ4v) is 2.98. The van der Waals surface area contributed by atoms with Gasteiger partial charge in [-0.05, 0) is 30.9 Å². The van der Waals surface area contributed by atoms with E-state index in [1.165, 1.54) is 6.26 Å². The van der Waals surface area contributed by atoms with E-state index in [0.29, 0.717) is 17.8 Å². The van der Waals surface area contributed by atoms with Gasteiger partial charge in [0, 0.05) is 18.5 Å². The second-order valence-corrected chi connectivity index (χ2v) is 6.30. The summed E-state index contributed by atoms with van der Waals surface area (Å²) in [5.41, 5.74) is 1.37. The van der Waals surface area contributed by atoms with Crippen molar-refractivity contribution in [2.75, 3.05) is 13.2 Å². The van der Waals surface area contributed by atoms with E-state index in [-0.39, 0.29) is 19.1 Å². The highest BCUT2D eigenvalue weighted by Gasteiger charge is 2.29. The van der Waals surface area contributed by atoms with E-state index in [1.807, 2.05) is 18.2 Å². The number of ether oxygens (including phenoxy) is 1. The fraction of sp³-hybridized carbons (Fsp3) is 0.412. The lowest BCUT2D eigenvalue weighted by atomic mass is 9.76. The molecule has 1 unspecified atom stereocenters. The highest BCUT2D eigenvalue weighted by Crippen LogP contribution is 2.22. The maximum atomic E-state index is 12.0. The van der Waals surface area contributed by atoms with Gasteiger partial charge in [0.1, 0.15) is 5.58 Å². The Bertz CT molecular complexity index is 771. The van der Waals surface area contributed by atoms with Gasteiger partial charge in [-0.1, -0.05) is 18.2 Å². The SMILES string of the molecule is O=C(NCC1CCCO1)C(=O)N[C@@H](Cc1coc2ccccc12)B(O)O. The summed E-state index contributed by atoms with van der Waals surface area (Å²) >= 11 is 0. The molecule has 4 N–H and O–H groups in total. The summed E-state index contributed by atoms with van der Waals surface area (Å²) in [6, 6.07) is 7.29. The van der Waals surface area contributed by atoms with Gasteiger partial charge in [0.15, 0.2) is 0 Å². The molecule has 3 rings (SSSR count). The zero-order valence-corrected chi connectivity index (χ0v) is 14.2. The van der Waals surface area contributed by atoms with Crippen LogP contribution in [0, 0.1) is 0 Å². The van der Waals surface area contributed by atoms with Gasteiger partial charge in [-0.15, -0.1) is 0 Å². The quantitative estimate of drug-likeness (QED) is 0.417. The summed E-state index contributed by atoms with van der Waals surface area (Å²) in [7, 11) is -1.82. The molecule has 2 amide bonds. The van der Waals surface area contributed by atoms with Crippen LogP contribution in [0.4, 0.5) is 0 Å². The summed E-state index contributed by atoms with van der Waals surface area (Å²) in [5, 5.41) is 24.8. The van der Waals surface area contributed by atoms with E-state index in [4.69, 9.17) is 9.15 Å². The van der Waals surface area contributed by atoms with Crippen molar-refractivity contribution < 1.29 is 28.8 Å². The topological polar surface area (TPSA) is 121 Å². The van der Waals surface area contributed by atoms with Crippen LogP contribution in [0.5, 0.6) is 0 Å². The minimum atomic E-state index is -1.82. The maximum Gasteiger partial charge on any atom is 0.475 e. The third-order valence-corrected chi connectivity index (χ3v) is 4.40. The van der Waals surface area contributed by atoms with Crippen LogP contribution >= 0.6 is 0 Å². The minimum Gasteiger partial charge on any atom is -0.464 e. The molecule has 1 aromatic heterocycles. The van der Waals surface area contributed by atoms with Gasteiger partial charge >= 0.3 is 18.9 Å². The van der Waals surface area contributed by atoms with E-state index in [2.05, 4.69) is 10.6 Å². The number of benzene rings is 1. The van der Waals surface area contributed by atoms with Crippen LogP contribution in [0.3, 0.4) is 0 Å². The van der Waals surface area contributed by atoms with Crippen LogP contribution in [-0.4, -0.2) is 54.2 Å². The molecule has 1 aliphatic heterocycles. The van der Waals surface area contributed by atoms with Crippen molar-refractivity contribution in [2.24, 2.45) is 0 Å². The molecule has 2 aromatic rings. The largest absolute Gasteiger partial charge is 0.475 e. The Labute approximate surface area is 150 Å². The van der Waals surface area contributed by atoms with Gasteiger partial charge in [-0.3, -0.25) is 9.59 Å². The molecule has 2 atom stereocenters. The van der Waals surface area contributed by atoms with Gasteiger partial charge in [0.05, 0.1) is 18.3 Å². The Balaban J connectivity index is 1.58. The molecule has 26 heavy (non-hydrogen) atoms. The van der Waals surface area contributed by atoms with E-state index in [1.54, 1.807) is 6.07 Å². The monoisotopic (exact) mass is 360 g/mol. The van der Waals surface area contributed by atoms with Gasteiger partial charge in [-0.2, -0.15) is 0 Å². The van der Waals surface area contributed by atoms with Crippen molar-refractivity contribution in [3.63, 3.8) is 0 Å². The first-order chi connectivity index (χ1) is 12.5. The zero-order chi connectivity index (χ0) is 18.5. The van der Waals surface area contributed by atoms with Gasteiger partial charge in [0.25, 0.3) is 0 Å². The molecule has 2 heterocycles. The molecule has 8 nitrogen and oxygen atoms in total. The number of furan rings is 1. The zero-order valence-electron chi connectivity index (χ0n) is 14.2. The second-order valence-electron chi connectivity index (χ2n) is 6.30. The number of hydrogen-bond acceptors (Lipinski definition) is 6. The number of amides is 2. The number of para-hydroxylation sites is 1. The van der Waals surface area contributed by atoms with Crippen molar-refractivity contribution >= 4 is 29.9 Å². The molecule has 138 valence electrons. The molecule has 0 aliphatic carbocycles. The normalized spacial score (nSPS) is 17.8. The number of carbonyl (C=O) groups excluding carboxylic acids is 2. The average molecular weight is 360 g/mol. The van der Waals surface area contributed by atoms with Crippen molar-refractivity contribution in [2.45, 2.75) is 31.3 Å². The summed E-state index contributed by atoms with van der Waals surface area (Å²) in [6.07, 6.45) is 3.31. The lowest BCUT2D eigenvalue weighted by Crippen LogP contribution is -2.52. The predicted molar refractivity (Wildman–Crippen MR) is 94.0 cm³/mol. The molecule has 0 spiro atoms. The Kier molecular flexibility index (Phi) is 5.92. The van der Waals surface area contributed by atoms with E-state index in [9.17, 15) is 19.6 Å². The van der Waals surface area contributed by atoms with Crippen LogP contribution in [0.15, 0.2) is 34.9 Å². The molecule has 9 heteroatoms. The average Bonchev–Trinajstić information content (AvgIpc) is 3.29. The maximum absolute atomic E-state index is 12.0. The smallest absolute Gasteiger partial charge is 0.464 e. The Morgan fingerprint density at radius 3 is 2.81 bits per heavy atom. The Hall–Kier alpha value is -2.36. The van der Waals surface area contributed by atoms with E-state index in [0.717, 1.165) is 18.2 Å². The summed E-state index contributed by atoms with van der Waals surface area (Å²) in [6.45, 7) is 0.912. The van der Waals surface area contributed by atoms with Crippen LogP contribution in [0.2, 0.25) is 0 Å². The third-order valence-electron chi connectivity index (χ3n) is 4.40. The summed E-state index contributed by atoms with van der Waals surface area (Å²) in [5.74, 6) is -2.80. The first-order valence-corrected chi connectivity index (χ1v) is 8.56. The number of nitrogens with one attached hydrogen (secondary N) is 2. The van der Waals surface area contributed by atoms with E-state index >= 15 is 0 Å². The Morgan fingerprint density at radius 1 is 1.27 bits per heavy atom. The summed E-state index contributed by atoms with van der Waals surface area (Å²) in [4.78, 5) is 24.0. The van der Waals surface area contributed by atoms with Gasteiger partial charge in [0.2, 0.25) is 0 Å². The van der Waals surface area contributed by atoms with Crippen LogP contribution in [0.25, 0.3) is 11.0 Å². The minimum absolute atomic E-state index is 0.0803. The summed E-state index contributed by atoms with van der Waals surface area (Å²) < 4.78 is 10.8. The Morgan fingerprint density at radius 2 is 2.08 bits per heavy atom.